The lowest BCUT2D eigenvalue weighted by atomic mass is 10.1. The molecular formula is C9H11NO. The number of hydrogen-bond donors (Lipinski definition) is 0. The van der Waals surface area contributed by atoms with E-state index in [1.54, 1.807) is 7.11 Å². The molecule has 1 aromatic rings. The van der Waals surface area contributed by atoms with Crippen LogP contribution < -0.4 is 0 Å². The van der Waals surface area contributed by atoms with Crippen LogP contribution in [0.5, 0.6) is 0 Å². The van der Waals surface area contributed by atoms with Gasteiger partial charge in [-0.25, -0.2) is 0 Å². The smallest absolute Gasteiger partial charge is 0.106 e. The molecule has 0 atom stereocenters. The average Bonchev–Trinajstić information content (AvgIpc) is 2.07. The highest BCUT2D eigenvalue weighted by atomic mass is 16.6. The van der Waals surface area contributed by atoms with Crippen molar-refractivity contribution < 1.29 is 4.84 Å². The Morgan fingerprint density at radius 1 is 1.27 bits per heavy atom. The topological polar surface area (TPSA) is 21.6 Å². The zero-order valence-corrected chi connectivity index (χ0v) is 6.74. The lowest BCUT2D eigenvalue weighted by Gasteiger charge is -1.97. The van der Waals surface area contributed by atoms with E-state index in [-0.39, 0.29) is 0 Å². The predicted molar refractivity (Wildman–Crippen MR) is 45.7 cm³/mol. The summed E-state index contributed by atoms with van der Waals surface area (Å²) < 4.78 is 0. The molecule has 0 fully saturated rings. The molecule has 0 spiro atoms. The maximum atomic E-state index is 4.65. The van der Waals surface area contributed by atoms with E-state index in [1.807, 2.05) is 37.3 Å². The number of rotatable bonds is 2. The summed E-state index contributed by atoms with van der Waals surface area (Å²) in [5.41, 5.74) is 1.99. The van der Waals surface area contributed by atoms with E-state index in [0.29, 0.717) is 0 Å². The van der Waals surface area contributed by atoms with Crippen molar-refractivity contribution in [1.29, 1.82) is 0 Å². The summed E-state index contributed by atoms with van der Waals surface area (Å²) in [5.74, 6) is 0. The largest absolute Gasteiger partial charge is 0.399 e. The zero-order chi connectivity index (χ0) is 8.10. The Morgan fingerprint density at radius 2 is 1.91 bits per heavy atom. The minimum atomic E-state index is 0.896. The van der Waals surface area contributed by atoms with E-state index in [0.717, 1.165) is 11.3 Å². The van der Waals surface area contributed by atoms with Gasteiger partial charge in [-0.15, -0.1) is 0 Å². The molecule has 2 nitrogen and oxygen atoms in total. The fourth-order valence-electron chi connectivity index (χ4n) is 0.869. The summed E-state index contributed by atoms with van der Waals surface area (Å²) in [6.07, 6.45) is 0. The quantitative estimate of drug-likeness (QED) is 0.466. The summed E-state index contributed by atoms with van der Waals surface area (Å²) in [6.45, 7) is 1.92. The van der Waals surface area contributed by atoms with Gasteiger partial charge in [-0.1, -0.05) is 35.5 Å². The monoisotopic (exact) mass is 149 g/mol. The van der Waals surface area contributed by atoms with Crippen molar-refractivity contribution in [2.45, 2.75) is 6.92 Å². The molecule has 1 aromatic carbocycles. The highest BCUT2D eigenvalue weighted by molar-refractivity contribution is 5.98. The van der Waals surface area contributed by atoms with Gasteiger partial charge >= 0.3 is 0 Å². The van der Waals surface area contributed by atoms with Gasteiger partial charge in [0.25, 0.3) is 0 Å². The molecule has 0 saturated heterocycles. The van der Waals surface area contributed by atoms with Crippen LogP contribution in [-0.2, 0) is 4.84 Å². The van der Waals surface area contributed by atoms with Crippen LogP contribution in [-0.4, -0.2) is 12.8 Å². The molecular weight excluding hydrogens is 138 g/mol. The third kappa shape index (κ3) is 2.08. The third-order valence-corrected chi connectivity index (χ3v) is 1.42. The highest BCUT2D eigenvalue weighted by Crippen LogP contribution is 2.00. The molecule has 0 N–H and O–H groups in total. The molecule has 0 heterocycles. The first-order valence-electron chi connectivity index (χ1n) is 3.48. The molecule has 0 amide bonds. The third-order valence-electron chi connectivity index (χ3n) is 1.42. The van der Waals surface area contributed by atoms with E-state index in [9.17, 15) is 0 Å². The number of oxime groups is 1. The van der Waals surface area contributed by atoms with Gasteiger partial charge < -0.3 is 4.84 Å². The van der Waals surface area contributed by atoms with Crippen LogP contribution in [0.15, 0.2) is 35.5 Å². The SMILES string of the molecule is CON=C(C)c1ccccc1. The second-order valence-corrected chi connectivity index (χ2v) is 2.23. The molecule has 11 heavy (non-hydrogen) atoms. The Morgan fingerprint density at radius 3 is 2.45 bits per heavy atom. The van der Waals surface area contributed by atoms with Crippen molar-refractivity contribution in [2.75, 3.05) is 7.11 Å². The van der Waals surface area contributed by atoms with Crippen molar-refractivity contribution in [3.63, 3.8) is 0 Å². The zero-order valence-electron chi connectivity index (χ0n) is 6.74. The molecule has 58 valence electrons. The first-order valence-corrected chi connectivity index (χ1v) is 3.48. The Balaban J connectivity index is 2.85. The molecule has 1 rings (SSSR count). The van der Waals surface area contributed by atoms with E-state index >= 15 is 0 Å². The van der Waals surface area contributed by atoms with Gasteiger partial charge in [0, 0.05) is 0 Å². The number of nitrogens with zero attached hydrogens (tertiary/aromatic N) is 1. The fourth-order valence-corrected chi connectivity index (χ4v) is 0.869. The molecule has 0 aromatic heterocycles. The maximum Gasteiger partial charge on any atom is 0.106 e. The van der Waals surface area contributed by atoms with Gasteiger partial charge in [0.05, 0.1) is 5.71 Å². The molecule has 0 aliphatic heterocycles. The van der Waals surface area contributed by atoms with Gasteiger partial charge in [-0.2, -0.15) is 0 Å². The summed E-state index contributed by atoms with van der Waals surface area (Å²) >= 11 is 0. The minimum absolute atomic E-state index is 0.896. The van der Waals surface area contributed by atoms with Crippen molar-refractivity contribution in [3.8, 4) is 0 Å². The van der Waals surface area contributed by atoms with Gasteiger partial charge in [0.1, 0.15) is 7.11 Å². The molecule has 0 saturated carbocycles. The second kappa shape index (κ2) is 3.76. The average molecular weight is 149 g/mol. The van der Waals surface area contributed by atoms with Crippen LogP contribution in [0.3, 0.4) is 0 Å². The van der Waals surface area contributed by atoms with Crippen LogP contribution >= 0.6 is 0 Å². The van der Waals surface area contributed by atoms with E-state index < -0.39 is 0 Å². The minimum Gasteiger partial charge on any atom is -0.399 e. The number of benzene rings is 1. The number of hydrogen-bond acceptors (Lipinski definition) is 2. The van der Waals surface area contributed by atoms with Crippen molar-refractivity contribution >= 4 is 5.71 Å². The van der Waals surface area contributed by atoms with Crippen LogP contribution in [0.25, 0.3) is 0 Å². The Bertz CT molecular complexity index is 241. The van der Waals surface area contributed by atoms with Crippen LogP contribution in [0.4, 0.5) is 0 Å². The van der Waals surface area contributed by atoms with Gasteiger partial charge in [0.2, 0.25) is 0 Å². The predicted octanol–water partition coefficient (Wildman–Crippen LogP) is 2.06. The standard InChI is InChI=1S/C9H11NO/c1-8(10-11-2)9-6-4-3-5-7-9/h3-7H,1-2H3. The highest BCUT2D eigenvalue weighted by Gasteiger charge is 1.93. The van der Waals surface area contributed by atoms with E-state index in [4.69, 9.17) is 0 Å². The van der Waals surface area contributed by atoms with E-state index in [2.05, 4.69) is 9.99 Å². The molecule has 0 radical (unpaired) electrons. The summed E-state index contributed by atoms with van der Waals surface area (Å²) in [5, 5.41) is 3.81. The second-order valence-electron chi connectivity index (χ2n) is 2.23. The van der Waals surface area contributed by atoms with E-state index in [1.165, 1.54) is 0 Å². The Hall–Kier alpha value is -1.31. The maximum absolute atomic E-state index is 4.65. The van der Waals surface area contributed by atoms with Crippen molar-refractivity contribution in [3.05, 3.63) is 35.9 Å². The van der Waals surface area contributed by atoms with Crippen molar-refractivity contribution in [2.24, 2.45) is 5.16 Å². The van der Waals surface area contributed by atoms with Gasteiger partial charge in [0.15, 0.2) is 0 Å². The summed E-state index contributed by atoms with van der Waals surface area (Å²) in [6, 6.07) is 9.92. The Kier molecular flexibility index (Phi) is 2.66. The molecule has 0 unspecified atom stereocenters. The lowest BCUT2D eigenvalue weighted by molar-refractivity contribution is 0.213. The van der Waals surface area contributed by atoms with Crippen LogP contribution in [0, 0.1) is 0 Å². The molecule has 0 bridgehead atoms. The summed E-state index contributed by atoms with van der Waals surface area (Å²) in [7, 11) is 1.55. The first-order chi connectivity index (χ1) is 5.34. The van der Waals surface area contributed by atoms with Crippen LogP contribution in [0.1, 0.15) is 12.5 Å². The van der Waals surface area contributed by atoms with Gasteiger partial charge in [-0.3, -0.25) is 0 Å². The fraction of sp³-hybridized carbons (Fsp3) is 0.222. The molecule has 2 heteroatoms. The molecule has 0 aliphatic carbocycles. The van der Waals surface area contributed by atoms with Crippen LogP contribution in [0.2, 0.25) is 0 Å². The summed E-state index contributed by atoms with van der Waals surface area (Å²) in [4.78, 5) is 4.65. The normalized spacial score (nSPS) is 11.3. The van der Waals surface area contributed by atoms with Gasteiger partial charge in [-0.05, 0) is 12.5 Å². The lowest BCUT2D eigenvalue weighted by Crippen LogP contribution is -1.93. The first kappa shape index (κ1) is 7.79. The Labute approximate surface area is 66.5 Å². The van der Waals surface area contributed by atoms with Crippen molar-refractivity contribution in [1.82, 2.24) is 0 Å². The molecule has 0 aliphatic rings.